The summed E-state index contributed by atoms with van der Waals surface area (Å²) in [6, 6.07) is 5.50. The largest absolute Gasteiger partial charge is 0.483 e. The molecule has 0 atom stereocenters. The third kappa shape index (κ3) is 4.33. The summed E-state index contributed by atoms with van der Waals surface area (Å²) >= 11 is 0. The lowest BCUT2D eigenvalue weighted by molar-refractivity contribution is -0.153. The topological polar surface area (TPSA) is 62.1 Å². The molecule has 96 valence electrons. The minimum Gasteiger partial charge on any atom is -0.483 e. The van der Waals surface area contributed by atoms with E-state index in [0.29, 0.717) is 5.69 Å². The van der Waals surface area contributed by atoms with Gasteiger partial charge in [-0.05, 0) is 18.2 Å². The number of carbonyl (C=O) groups excluding carboxylic acids is 1. The summed E-state index contributed by atoms with van der Waals surface area (Å²) in [6.07, 6.45) is -4.47. The van der Waals surface area contributed by atoms with Gasteiger partial charge in [0, 0.05) is 12.6 Å². The zero-order valence-corrected chi connectivity index (χ0v) is 9.34. The molecule has 1 aromatic rings. The van der Waals surface area contributed by atoms with Crippen LogP contribution in [0.3, 0.4) is 0 Å². The van der Waals surface area contributed by atoms with Crippen molar-refractivity contribution in [1.29, 1.82) is 5.26 Å². The van der Waals surface area contributed by atoms with E-state index >= 15 is 0 Å². The molecule has 0 fully saturated rings. The van der Waals surface area contributed by atoms with Crippen molar-refractivity contribution in [2.45, 2.75) is 13.1 Å². The number of alkyl halides is 3. The van der Waals surface area contributed by atoms with Crippen LogP contribution >= 0.6 is 0 Å². The number of amides is 1. The van der Waals surface area contributed by atoms with Crippen molar-refractivity contribution >= 4 is 11.6 Å². The molecule has 0 spiro atoms. The summed E-state index contributed by atoms with van der Waals surface area (Å²) in [5, 5.41) is 11.2. The van der Waals surface area contributed by atoms with E-state index in [1.807, 2.05) is 0 Å². The van der Waals surface area contributed by atoms with Crippen LogP contribution in [-0.4, -0.2) is 18.7 Å². The van der Waals surface area contributed by atoms with Gasteiger partial charge in [-0.1, -0.05) is 0 Å². The first-order chi connectivity index (χ1) is 8.31. The van der Waals surface area contributed by atoms with E-state index in [4.69, 9.17) is 5.26 Å². The van der Waals surface area contributed by atoms with Crippen molar-refractivity contribution in [2.24, 2.45) is 0 Å². The lowest BCUT2D eigenvalue weighted by Crippen LogP contribution is -2.19. The van der Waals surface area contributed by atoms with Crippen LogP contribution in [0.4, 0.5) is 18.9 Å². The molecule has 1 rings (SSSR count). The van der Waals surface area contributed by atoms with Crippen LogP contribution < -0.4 is 10.1 Å². The van der Waals surface area contributed by atoms with Crippen LogP contribution in [0, 0.1) is 11.3 Å². The van der Waals surface area contributed by atoms with Gasteiger partial charge in [-0.15, -0.1) is 0 Å². The van der Waals surface area contributed by atoms with Gasteiger partial charge in [0.05, 0.1) is 5.56 Å². The van der Waals surface area contributed by atoms with E-state index in [1.165, 1.54) is 25.1 Å². The van der Waals surface area contributed by atoms with E-state index in [9.17, 15) is 18.0 Å². The summed E-state index contributed by atoms with van der Waals surface area (Å²) < 4.78 is 40.4. The summed E-state index contributed by atoms with van der Waals surface area (Å²) in [5.74, 6) is -0.522. The first-order valence-electron chi connectivity index (χ1n) is 4.83. The van der Waals surface area contributed by atoms with Crippen LogP contribution in [0.15, 0.2) is 18.2 Å². The van der Waals surface area contributed by atoms with Crippen molar-refractivity contribution < 1.29 is 22.7 Å². The molecular formula is C11H9F3N2O2. The van der Waals surface area contributed by atoms with Crippen molar-refractivity contribution in [3.05, 3.63) is 23.8 Å². The first-order valence-corrected chi connectivity index (χ1v) is 4.83. The van der Waals surface area contributed by atoms with Gasteiger partial charge in [0.1, 0.15) is 11.8 Å². The quantitative estimate of drug-likeness (QED) is 0.905. The molecule has 0 radical (unpaired) electrons. The number of hydrogen-bond acceptors (Lipinski definition) is 3. The predicted molar refractivity (Wildman–Crippen MR) is 57.0 cm³/mol. The van der Waals surface area contributed by atoms with Gasteiger partial charge in [-0.25, -0.2) is 0 Å². The third-order valence-corrected chi connectivity index (χ3v) is 1.81. The molecular weight excluding hydrogens is 249 g/mol. The highest BCUT2D eigenvalue weighted by Crippen LogP contribution is 2.24. The molecule has 0 saturated carbocycles. The summed E-state index contributed by atoms with van der Waals surface area (Å²) in [5.41, 5.74) is 0.240. The number of ether oxygens (including phenoxy) is 1. The SMILES string of the molecule is CC(=O)Nc1ccc(OCC(F)(F)F)c(C#N)c1. The molecule has 0 unspecified atom stereocenters. The highest BCUT2D eigenvalue weighted by molar-refractivity contribution is 5.89. The average molecular weight is 258 g/mol. The van der Waals surface area contributed by atoms with Gasteiger partial charge in [0.2, 0.25) is 5.91 Å². The smallest absolute Gasteiger partial charge is 0.422 e. The van der Waals surface area contributed by atoms with Gasteiger partial charge in [-0.3, -0.25) is 4.79 Å². The van der Waals surface area contributed by atoms with Crippen LogP contribution in [0.5, 0.6) is 5.75 Å². The second-order valence-electron chi connectivity index (χ2n) is 3.41. The predicted octanol–water partition coefficient (Wildman–Crippen LogP) is 2.46. The molecule has 18 heavy (non-hydrogen) atoms. The highest BCUT2D eigenvalue weighted by Gasteiger charge is 2.28. The Morgan fingerprint density at radius 1 is 1.50 bits per heavy atom. The average Bonchev–Trinajstić information content (AvgIpc) is 2.25. The molecule has 0 saturated heterocycles. The molecule has 0 bridgehead atoms. The van der Waals surface area contributed by atoms with E-state index < -0.39 is 12.8 Å². The lowest BCUT2D eigenvalue weighted by Gasteiger charge is -2.11. The Hall–Kier alpha value is -2.23. The van der Waals surface area contributed by atoms with E-state index in [-0.39, 0.29) is 17.2 Å². The molecule has 1 amide bonds. The van der Waals surface area contributed by atoms with E-state index in [2.05, 4.69) is 10.1 Å². The van der Waals surface area contributed by atoms with Crippen LogP contribution in [0.25, 0.3) is 0 Å². The maximum Gasteiger partial charge on any atom is 0.422 e. The fourth-order valence-electron chi connectivity index (χ4n) is 1.18. The molecule has 7 heteroatoms. The monoisotopic (exact) mass is 258 g/mol. The zero-order chi connectivity index (χ0) is 13.8. The second-order valence-corrected chi connectivity index (χ2v) is 3.41. The number of nitrogens with one attached hydrogen (secondary N) is 1. The number of nitriles is 1. The Labute approximate surface area is 101 Å². The number of benzene rings is 1. The highest BCUT2D eigenvalue weighted by atomic mass is 19.4. The number of carbonyl (C=O) groups is 1. The van der Waals surface area contributed by atoms with Crippen LogP contribution in [0.2, 0.25) is 0 Å². The second kappa shape index (κ2) is 5.40. The number of rotatable bonds is 3. The van der Waals surface area contributed by atoms with Crippen molar-refractivity contribution in [1.82, 2.24) is 0 Å². The minimum atomic E-state index is -4.47. The Morgan fingerprint density at radius 3 is 2.67 bits per heavy atom. The molecule has 0 aliphatic carbocycles. The summed E-state index contributed by atoms with van der Waals surface area (Å²) in [6.45, 7) is -0.193. The van der Waals surface area contributed by atoms with Crippen LogP contribution in [0.1, 0.15) is 12.5 Å². The van der Waals surface area contributed by atoms with Gasteiger partial charge >= 0.3 is 6.18 Å². The Balaban J connectivity index is 2.88. The standard InChI is InChI=1S/C11H9F3N2O2/c1-7(17)16-9-2-3-10(8(4-9)5-15)18-6-11(12,13)14/h2-4H,6H2,1H3,(H,16,17). The summed E-state index contributed by atoms with van der Waals surface area (Å²) in [4.78, 5) is 10.8. The number of halogens is 3. The summed E-state index contributed by atoms with van der Waals surface area (Å²) in [7, 11) is 0. The molecule has 4 nitrogen and oxygen atoms in total. The van der Waals surface area contributed by atoms with Gasteiger partial charge < -0.3 is 10.1 Å². The molecule has 1 N–H and O–H groups in total. The van der Waals surface area contributed by atoms with Gasteiger partial charge in [0.25, 0.3) is 0 Å². The van der Waals surface area contributed by atoms with Crippen LogP contribution in [-0.2, 0) is 4.79 Å². The molecule has 0 aliphatic heterocycles. The van der Waals surface area contributed by atoms with Crippen molar-refractivity contribution in [2.75, 3.05) is 11.9 Å². The maximum atomic E-state index is 12.0. The third-order valence-electron chi connectivity index (χ3n) is 1.81. The first kappa shape index (κ1) is 13.8. The van der Waals surface area contributed by atoms with Gasteiger partial charge in [-0.2, -0.15) is 18.4 Å². The van der Waals surface area contributed by atoms with Crippen molar-refractivity contribution in [3.63, 3.8) is 0 Å². The molecule has 0 heterocycles. The maximum absolute atomic E-state index is 12.0. The number of hydrogen-bond donors (Lipinski definition) is 1. The fraction of sp³-hybridized carbons (Fsp3) is 0.273. The van der Waals surface area contributed by atoms with Gasteiger partial charge in [0.15, 0.2) is 6.61 Å². The Kier molecular flexibility index (Phi) is 4.15. The van der Waals surface area contributed by atoms with E-state index in [0.717, 1.165) is 0 Å². The normalized spacial score (nSPS) is 10.6. The number of nitrogens with zero attached hydrogens (tertiary/aromatic N) is 1. The zero-order valence-electron chi connectivity index (χ0n) is 9.34. The molecule has 1 aromatic carbocycles. The molecule has 0 aliphatic rings. The Bertz CT molecular complexity index is 492. The molecule has 0 aromatic heterocycles. The minimum absolute atomic E-state index is 0.0782. The lowest BCUT2D eigenvalue weighted by atomic mass is 10.2. The Morgan fingerprint density at radius 2 is 2.17 bits per heavy atom. The fourth-order valence-corrected chi connectivity index (χ4v) is 1.18. The number of anilines is 1. The van der Waals surface area contributed by atoms with E-state index in [1.54, 1.807) is 6.07 Å². The van der Waals surface area contributed by atoms with Crippen molar-refractivity contribution in [3.8, 4) is 11.8 Å².